The van der Waals surface area contributed by atoms with Gasteiger partial charge in [0.1, 0.15) is 20.2 Å². The number of rotatable bonds is 22. The Morgan fingerprint density at radius 2 is 0.698 bits per heavy atom. The molecule has 0 radical (unpaired) electrons. The first-order chi connectivity index (χ1) is 25.0. The van der Waals surface area contributed by atoms with E-state index in [1.54, 1.807) is 12.1 Å². The molecule has 0 heterocycles. The van der Waals surface area contributed by atoms with Crippen molar-refractivity contribution in [2.45, 2.75) is 166 Å². The molecule has 0 bridgehead atoms. The summed E-state index contributed by atoms with van der Waals surface area (Å²) in [5.41, 5.74) is 3.69. The summed E-state index contributed by atoms with van der Waals surface area (Å²) in [5.74, 6) is 0. The number of aryl methyl sites for hydroxylation is 2. The first-order valence-corrected chi connectivity index (χ1v) is 22.8. The van der Waals surface area contributed by atoms with Gasteiger partial charge in [-0.05, 0) is 107 Å². The zero-order valence-corrected chi connectivity index (χ0v) is 39.0. The fourth-order valence-electron chi connectivity index (χ4n) is 7.35. The molecule has 0 fully saturated rings. The van der Waals surface area contributed by atoms with Gasteiger partial charge in [0, 0.05) is 0 Å². The third-order valence-corrected chi connectivity index (χ3v) is 11.9. The van der Waals surface area contributed by atoms with Crippen LogP contribution in [0.4, 0.5) is 0 Å². The van der Waals surface area contributed by atoms with Crippen molar-refractivity contribution in [3.8, 4) is 0 Å². The van der Waals surface area contributed by atoms with E-state index in [0.29, 0.717) is 12.8 Å². The molecule has 53 heavy (non-hydrogen) atoms. The minimum Gasteiger partial charge on any atom is -0.744 e. The van der Waals surface area contributed by atoms with Crippen LogP contribution in [0, 0.1) is 0 Å². The van der Waals surface area contributed by atoms with E-state index in [0.717, 1.165) is 134 Å². The predicted octanol–water partition coefficient (Wildman–Crippen LogP) is 11.6. The summed E-state index contributed by atoms with van der Waals surface area (Å²) in [6, 6.07) is 18.9. The molecule has 4 aromatic rings. The topological polar surface area (TPSA) is 114 Å². The van der Waals surface area contributed by atoms with Crippen molar-refractivity contribution in [1.29, 1.82) is 0 Å². The summed E-state index contributed by atoms with van der Waals surface area (Å²) in [6.07, 6.45) is 20.6. The van der Waals surface area contributed by atoms with Gasteiger partial charge >= 0.3 is 48.9 Å². The molecule has 0 atom stereocenters. The average molecular weight is 888 g/mol. The van der Waals surface area contributed by atoms with Gasteiger partial charge in [-0.1, -0.05) is 153 Å². The molecule has 4 rings (SSSR count). The van der Waals surface area contributed by atoms with Crippen LogP contribution in [0.2, 0.25) is 0 Å². The predicted molar refractivity (Wildman–Crippen MR) is 221 cm³/mol. The molecule has 0 aliphatic rings. The van der Waals surface area contributed by atoms with Crippen molar-refractivity contribution in [2.75, 3.05) is 0 Å². The van der Waals surface area contributed by atoms with Crippen molar-refractivity contribution in [3.05, 3.63) is 82.9 Å². The van der Waals surface area contributed by atoms with Crippen LogP contribution in [0.3, 0.4) is 0 Å². The standard InChI is InChI=1S/2C22H32O3S.Ba/c2*1-3-5-7-9-15-20-19-14-12-11-13-18(19)17-22(26(23,24)25)21(20)16-10-8-6-4-2;/h2*11-14,17H,3-10,15-16H2,1-2H3,(H,23,24,25);/q;;+2/p-2. The van der Waals surface area contributed by atoms with Crippen LogP contribution in [-0.2, 0) is 45.9 Å². The minimum absolute atomic E-state index is 0. The van der Waals surface area contributed by atoms with Gasteiger partial charge in [-0.3, -0.25) is 0 Å². The van der Waals surface area contributed by atoms with Gasteiger partial charge in [-0.2, -0.15) is 0 Å². The van der Waals surface area contributed by atoms with Crippen molar-refractivity contribution in [1.82, 2.24) is 0 Å². The second-order valence-corrected chi connectivity index (χ2v) is 17.0. The van der Waals surface area contributed by atoms with E-state index in [4.69, 9.17) is 0 Å². The quantitative estimate of drug-likeness (QED) is 0.0441. The summed E-state index contributed by atoms with van der Waals surface area (Å²) in [7, 11) is -8.95. The monoisotopic (exact) mass is 888 g/mol. The van der Waals surface area contributed by atoms with E-state index in [-0.39, 0.29) is 58.7 Å². The number of benzene rings is 4. The molecule has 6 nitrogen and oxygen atoms in total. The third kappa shape index (κ3) is 15.3. The van der Waals surface area contributed by atoms with Crippen LogP contribution in [0.15, 0.2) is 70.5 Å². The Bertz CT molecular complexity index is 1770. The maximum atomic E-state index is 12.0. The maximum Gasteiger partial charge on any atom is 2.00 e. The van der Waals surface area contributed by atoms with Gasteiger partial charge < -0.3 is 9.11 Å². The fraction of sp³-hybridized carbons (Fsp3) is 0.545. The van der Waals surface area contributed by atoms with E-state index >= 15 is 0 Å². The molecule has 0 amide bonds. The minimum atomic E-state index is -4.48. The summed E-state index contributed by atoms with van der Waals surface area (Å²) < 4.78 is 71.8. The van der Waals surface area contributed by atoms with Crippen molar-refractivity contribution < 1.29 is 25.9 Å². The molecule has 0 unspecified atom stereocenters. The third-order valence-electron chi connectivity index (χ3n) is 10.1. The Hall–Kier alpha value is -1.21. The van der Waals surface area contributed by atoms with Crippen molar-refractivity contribution >= 4 is 90.7 Å². The van der Waals surface area contributed by atoms with E-state index < -0.39 is 20.2 Å². The largest absolute Gasteiger partial charge is 2.00 e. The van der Waals surface area contributed by atoms with E-state index in [2.05, 4.69) is 39.8 Å². The molecule has 288 valence electrons. The smallest absolute Gasteiger partial charge is 0.744 e. The number of hydrogen-bond acceptors (Lipinski definition) is 6. The summed E-state index contributed by atoms with van der Waals surface area (Å²) >= 11 is 0. The summed E-state index contributed by atoms with van der Waals surface area (Å²) in [5, 5.41) is 3.90. The Morgan fingerprint density at radius 3 is 0.981 bits per heavy atom. The molecule has 0 aromatic heterocycles. The first kappa shape index (κ1) is 47.9. The first-order valence-electron chi connectivity index (χ1n) is 20.0. The van der Waals surface area contributed by atoms with Crippen LogP contribution in [0.5, 0.6) is 0 Å². The molecule has 0 aliphatic heterocycles. The van der Waals surface area contributed by atoms with E-state index in [9.17, 15) is 25.9 Å². The number of hydrogen-bond donors (Lipinski definition) is 0. The number of unbranched alkanes of at least 4 members (excludes halogenated alkanes) is 12. The van der Waals surface area contributed by atoms with Gasteiger partial charge in [0.05, 0.1) is 9.79 Å². The second-order valence-electron chi connectivity index (χ2n) is 14.3. The molecule has 0 N–H and O–H groups in total. The van der Waals surface area contributed by atoms with Crippen LogP contribution in [-0.4, -0.2) is 74.8 Å². The Morgan fingerprint density at radius 1 is 0.415 bits per heavy atom. The summed E-state index contributed by atoms with van der Waals surface area (Å²) in [4.78, 5) is -0.00335. The Labute approximate surface area is 361 Å². The van der Waals surface area contributed by atoms with Gasteiger partial charge in [-0.15, -0.1) is 0 Å². The molecule has 9 heteroatoms. The molecular weight excluding hydrogens is 826 g/mol. The van der Waals surface area contributed by atoms with E-state index in [1.807, 2.05) is 36.4 Å². The van der Waals surface area contributed by atoms with Crippen LogP contribution in [0.25, 0.3) is 21.5 Å². The molecular formula is C44H62BaO6S2. The summed E-state index contributed by atoms with van der Waals surface area (Å²) in [6.45, 7) is 8.67. The van der Waals surface area contributed by atoms with E-state index in [1.165, 1.54) is 25.7 Å². The maximum absolute atomic E-state index is 12.0. The fourth-order valence-corrected chi connectivity index (χ4v) is 8.95. The van der Waals surface area contributed by atoms with Gasteiger partial charge in [0.15, 0.2) is 0 Å². The van der Waals surface area contributed by atoms with Crippen molar-refractivity contribution in [2.24, 2.45) is 0 Å². The average Bonchev–Trinajstić information content (AvgIpc) is 3.12. The Balaban J connectivity index is 0.000000360. The van der Waals surface area contributed by atoms with Crippen molar-refractivity contribution in [3.63, 3.8) is 0 Å². The van der Waals surface area contributed by atoms with Gasteiger partial charge in [0.25, 0.3) is 0 Å². The zero-order valence-electron chi connectivity index (χ0n) is 32.9. The molecule has 0 saturated heterocycles. The van der Waals surface area contributed by atoms with Crippen LogP contribution < -0.4 is 0 Å². The second kappa shape index (κ2) is 25.1. The van der Waals surface area contributed by atoms with Crippen LogP contribution in [0.1, 0.15) is 153 Å². The SMILES string of the molecule is CCCCCCc1c(S(=O)(=O)[O-])cc2ccccc2c1CCCCCC.CCCCCCc1c(S(=O)(=O)[O-])cc2ccccc2c1CCCCCC.[Ba+2]. The molecule has 0 spiro atoms. The molecule has 0 aliphatic carbocycles. The number of fused-ring (bicyclic) bond motifs is 2. The zero-order chi connectivity index (χ0) is 38.0. The van der Waals surface area contributed by atoms with Gasteiger partial charge in [-0.25, -0.2) is 16.8 Å². The van der Waals surface area contributed by atoms with Crippen LogP contribution >= 0.6 is 0 Å². The Kier molecular flexibility index (Phi) is 22.7. The molecule has 0 saturated carbocycles. The van der Waals surface area contributed by atoms with Gasteiger partial charge in [0.2, 0.25) is 0 Å². The molecule has 4 aromatic carbocycles. The normalized spacial score (nSPS) is 11.7.